The van der Waals surface area contributed by atoms with E-state index in [0.29, 0.717) is 17.3 Å². The predicted molar refractivity (Wildman–Crippen MR) is 80.2 cm³/mol. The molecule has 0 bridgehead atoms. The van der Waals surface area contributed by atoms with Crippen LogP contribution in [0.3, 0.4) is 0 Å². The van der Waals surface area contributed by atoms with Crippen LogP contribution in [0.1, 0.15) is 31.4 Å². The topological polar surface area (TPSA) is 46.2 Å². The van der Waals surface area contributed by atoms with Crippen LogP contribution in [0.15, 0.2) is 23.1 Å². The molecule has 0 aromatic heterocycles. The molecule has 3 nitrogen and oxygen atoms in total. The zero-order chi connectivity index (χ0) is 14.7. The number of sulfonamides is 1. The molecule has 5 heteroatoms. The molecule has 108 valence electrons. The van der Waals surface area contributed by atoms with Gasteiger partial charge in [0.1, 0.15) is 0 Å². The molecule has 0 atom stereocenters. The number of alkyl halides is 1. The molecule has 0 radical (unpaired) electrons. The van der Waals surface area contributed by atoms with Crippen molar-refractivity contribution in [3.05, 3.63) is 29.3 Å². The van der Waals surface area contributed by atoms with Crippen LogP contribution in [0.4, 0.5) is 0 Å². The lowest BCUT2D eigenvalue weighted by Gasteiger charge is -2.24. The minimum absolute atomic E-state index is 0.146. The Morgan fingerprint density at radius 2 is 1.89 bits per heavy atom. The highest BCUT2D eigenvalue weighted by Gasteiger charge is 2.23. The third-order valence-corrected chi connectivity index (χ3v) is 4.88. The third-order valence-electron chi connectivity index (χ3n) is 3.15. The lowest BCUT2D eigenvalue weighted by atomic mass is 9.91. The summed E-state index contributed by atoms with van der Waals surface area (Å²) in [5.41, 5.74) is 1.55. The van der Waals surface area contributed by atoms with E-state index in [4.69, 9.17) is 11.6 Å². The van der Waals surface area contributed by atoms with E-state index >= 15 is 0 Å². The van der Waals surface area contributed by atoms with Gasteiger partial charge in [-0.25, -0.2) is 13.1 Å². The molecule has 0 spiro atoms. The summed E-state index contributed by atoms with van der Waals surface area (Å²) in [5, 5.41) is 0. The molecule has 0 fully saturated rings. The molecule has 0 aliphatic heterocycles. The van der Waals surface area contributed by atoms with Gasteiger partial charge in [0.2, 0.25) is 10.0 Å². The Bertz CT molecular complexity index is 538. The van der Waals surface area contributed by atoms with Crippen molar-refractivity contribution in [2.24, 2.45) is 5.41 Å². The Hall–Kier alpha value is -0.580. The van der Waals surface area contributed by atoms with E-state index < -0.39 is 10.0 Å². The largest absolute Gasteiger partial charge is 0.240 e. The zero-order valence-electron chi connectivity index (χ0n) is 12.0. The second kappa shape index (κ2) is 6.25. The minimum Gasteiger partial charge on any atom is -0.211 e. The average molecular weight is 304 g/mol. The van der Waals surface area contributed by atoms with Crippen molar-refractivity contribution in [2.75, 3.05) is 12.4 Å². The van der Waals surface area contributed by atoms with Gasteiger partial charge in [0.05, 0.1) is 4.90 Å². The van der Waals surface area contributed by atoms with E-state index in [1.54, 1.807) is 13.0 Å². The fraction of sp³-hybridized carbons (Fsp3) is 0.571. The van der Waals surface area contributed by atoms with E-state index in [2.05, 4.69) is 4.72 Å². The molecule has 0 amide bonds. The summed E-state index contributed by atoms with van der Waals surface area (Å²) in [6, 6.07) is 5.44. The lowest BCUT2D eigenvalue weighted by Crippen LogP contribution is -2.34. The normalized spacial score (nSPS) is 12.7. The van der Waals surface area contributed by atoms with Crippen LogP contribution < -0.4 is 4.72 Å². The van der Waals surface area contributed by atoms with Crippen LogP contribution in [0.2, 0.25) is 0 Å². The van der Waals surface area contributed by atoms with Crippen molar-refractivity contribution in [3.63, 3.8) is 0 Å². The van der Waals surface area contributed by atoms with Crippen LogP contribution in [-0.2, 0) is 10.0 Å². The highest BCUT2D eigenvalue weighted by molar-refractivity contribution is 7.89. The van der Waals surface area contributed by atoms with Crippen molar-refractivity contribution < 1.29 is 8.42 Å². The summed E-state index contributed by atoms with van der Waals surface area (Å²) in [6.45, 7) is 8.07. The zero-order valence-corrected chi connectivity index (χ0v) is 13.5. The summed E-state index contributed by atoms with van der Waals surface area (Å²) < 4.78 is 27.3. The maximum Gasteiger partial charge on any atom is 0.240 e. The van der Waals surface area contributed by atoms with Crippen LogP contribution in [0.25, 0.3) is 0 Å². The van der Waals surface area contributed by atoms with Crippen molar-refractivity contribution in [1.82, 2.24) is 4.72 Å². The van der Waals surface area contributed by atoms with Crippen LogP contribution >= 0.6 is 11.6 Å². The number of aryl methyl sites for hydroxylation is 2. The van der Waals surface area contributed by atoms with Gasteiger partial charge in [-0.2, -0.15) is 0 Å². The van der Waals surface area contributed by atoms with Crippen molar-refractivity contribution in [3.8, 4) is 0 Å². The first-order valence-corrected chi connectivity index (χ1v) is 8.33. The Morgan fingerprint density at radius 3 is 2.47 bits per heavy atom. The molecule has 1 aromatic carbocycles. The number of hydrogen-bond acceptors (Lipinski definition) is 2. The Kier molecular flexibility index (Phi) is 5.42. The second-order valence-corrected chi connectivity index (χ2v) is 7.81. The van der Waals surface area contributed by atoms with Gasteiger partial charge in [-0.15, -0.1) is 11.6 Å². The summed E-state index contributed by atoms with van der Waals surface area (Å²) in [4.78, 5) is 0.356. The fourth-order valence-corrected chi connectivity index (χ4v) is 3.79. The van der Waals surface area contributed by atoms with Crippen LogP contribution in [-0.4, -0.2) is 20.8 Å². The molecule has 1 rings (SSSR count). The van der Waals surface area contributed by atoms with Crippen LogP contribution in [0.5, 0.6) is 0 Å². The minimum atomic E-state index is -3.46. The van der Waals surface area contributed by atoms with Gasteiger partial charge in [0, 0.05) is 12.4 Å². The molecule has 0 unspecified atom stereocenters. The molecule has 0 aliphatic carbocycles. The molecule has 1 aromatic rings. The standard InChI is InChI=1S/C14H22ClNO2S/c1-11-5-6-12(2)13(9-11)19(17,18)16-10-14(3,4)7-8-15/h5-6,9,16H,7-8,10H2,1-4H3. The van der Waals surface area contributed by atoms with Gasteiger partial charge in [-0.1, -0.05) is 26.0 Å². The number of rotatable bonds is 6. The Labute approximate surface area is 121 Å². The molecule has 0 saturated carbocycles. The summed E-state index contributed by atoms with van der Waals surface area (Å²) >= 11 is 5.72. The summed E-state index contributed by atoms with van der Waals surface area (Å²) in [6.07, 6.45) is 0.768. The summed E-state index contributed by atoms with van der Waals surface area (Å²) in [5.74, 6) is 0.526. The Balaban J connectivity index is 2.90. The highest BCUT2D eigenvalue weighted by atomic mass is 35.5. The number of nitrogens with one attached hydrogen (secondary N) is 1. The highest BCUT2D eigenvalue weighted by Crippen LogP contribution is 2.22. The molecule has 0 heterocycles. The fourth-order valence-electron chi connectivity index (χ4n) is 1.71. The van der Waals surface area contributed by atoms with Gasteiger partial charge >= 0.3 is 0 Å². The second-order valence-electron chi connectivity index (χ2n) is 5.70. The number of hydrogen-bond donors (Lipinski definition) is 1. The van der Waals surface area contributed by atoms with Crippen molar-refractivity contribution >= 4 is 21.6 Å². The monoisotopic (exact) mass is 303 g/mol. The van der Waals surface area contributed by atoms with Gasteiger partial charge < -0.3 is 0 Å². The SMILES string of the molecule is Cc1ccc(C)c(S(=O)(=O)NCC(C)(C)CCCl)c1. The van der Waals surface area contributed by atoms with E-state index in [0.717, 1.165) is 17.5 Å². The van der Waals surface area contributed by atoms with Crippen molar-refractivity contribution in [1.29, 1.82) is 0 Å². The van der Waals surface area contributed by atoms with E-state index in [-0.39, 0.29) is 5.41 Å². The average Bonchev–Trinajstić information content (AvgIpc) is 2.30. The third kappa shape index (κ3) is 4.79. The molecular weight excluding hydrogens is 282 g/mol. The lowest BCUT2D eigenvalue weighted by molar-refractivity contribution is 0.352. The molecule has 19 heavy (non-hydrogen) atoms. The predicted octanol–water partition coefficient (Wildman–Crippen LogP) is 3.24. The number of halogens is 1. The maximum atomic E-state index is 12.3. The quantitative estimate of drug-likeness (QED) is 0.820. The van der Waals surface area contributed by atoms with E-state index in [1.165, 1.54) is 0 Å². The maximum absolute atomic E-state index is 12.3. The summed E-state index contributed by atoms with van der Waals surface area (Å²) in [7, 11) is -3.46. The smallest absolute Gasteiger partial charge is 0.211 e. The van der Waals surface area contributed by atoms with Gasteiger partial charge in [0.25, 0.3) is 0 Å². The van der Waals surface area contributed by atoms with Crippen molar-refractivity contribution in [2.45, 2.75) is 39.0 Å². The Morgan fingerprint density at radius 1 is 1.26 bits per heavy atom. The number of benzene rings is 1. The van der Waals surface area contributed by atoms with Gasteiger partial charge in [-0.05, 0) is 42.9 Å². The van der Waals surface area contributed by atoms with E-state index in [1.807, 2.05) is 32.9 Å². The first-order chi connectivity index (χ1) is 8.68. The molecule has 0 saturated heterocycles. The first-order valence-electron chi connectivity index (χ1n) is 6.31. The van der Waals surface area contributed by atoms with Crippen LogP contribution in [0, 0.1) is 19.3 Å². The molecular formula is C14H22ClNO2S. The molecule has 0 aliphatic rings. The molecule has 1 N–H and O–H groups in total. The first kappa shape index (κ1) is 16.5. The van der Waals surface area contributed by atoms with E-state index in [9.17, 15) is 8.42 Å². The van der Waals surface area contributed by atoms with Gasteiger partial charge in [0.15, 0.2) is 0 Å². The van der Waals surface area contributed by atoms with Gasteiger partial charge in [-0.3, -0.25) is 0 Å².